The molecular weight excluding hydrogens is 653 g/mol. The average molecular weight is 691 g/mol. The van der Waals surface area contributed by atoms with E-state index in [1.54, 1.807) is 0 Å². The van der Waals surface area contributed by atoms with Gasteiger partial charge in [-0.25, -0.2) is 0 Å². The molecule has 2 aromatic heterocycles. The predicted molar refractivity (Wildman–Crippen MR) is 228 cm³/mol. The largest absolute Gasteiger partial charge is 0.309 e. The minimum absolute atomic E-state index is 0.312. The Labute approximate surface area is 315 Å². The second kappa shape index (κ2) is 12.5. The highest BCUT2D eigenvalue weighted by molar-refractivity contribution is 6.12. The lowest BCUT2D eigenvalue weighted by Gasteiger charge is -2.34. The maximum absolute atomic E-state index is 2.51. The molecule has 2 heterocycles. The molecule has 2 aliphatic carbocycles. The third kappa shape index (κ3) is 4.87. The van der Waals surface area contributed by atoms with E-state index in [0.717, 1.165) is 12.8 Å². The number of para-hydroxylation sites is 2. The van der Waals surface area contributed by atoms with Crippen molar-refractivity contribution in [2.75, 3.05) is 0 Å². The van der Waals surface area contributed by atoms with Crippen LogP contribution in [0, 0.1) is 5.92 Å². The molecule has 2 nitrogen and oxygen atoms in total. The Bertz CT molecular complexity index is 2970. The molecule has 0 saturated heterocycles. The number of fused-ring (bicyclic) bond motifs is 7. The third-order valence-electron chi connectivity index (χ3n) is 11.9. The number of nitrogens with zero attached hydrogens (tertiary/aromatic N) is 2. The zero-order valence-corrected chi connectivity index (χ0v) is 29.9. The average Bonchev–Trinajstić information content (AvgIpc) is 3.76. The van der Waals surface area contributed by atoms with E-state index >= 15 is 0 Å². The standard InChI is InChI=1S/C52H38N2/c1-3-13-35(14-4-1)38-25-30-51-46(33-38)44-19-9-11-21-48(44)53(51)40-27-23-37(24-28-40)41-29-32-50(43-18-8-7-17-42(41)43)54-49-22-12-10-20-45(49)47-34-39(26-31-52(47)54)36-15-5-2-6-16-36/h1-6,8-16,18-34,41-42H,7,17H2. The Morgan fingerprint density at radius 2 is 0.963 bits per heavy atom. The molecule has 7 aromatic carbocycles. The maximum Gasteiger partial charge on any atom is 0.0541 e. The minimum atomic E-state index is 0.312. The molecule has 2 aliphatic rings. The summed E-state index contributed by atoms with van der Waals surface area (Å²) in [6.07, 6.45) is 11.9. The summed E-state index contributed by atoms with van der Waals surface area (Å²) in [5.74, 6) is 0.720. The number of benzene rings is 7. The first kappa shape index (κ1) is 30.9. The van der Waals surface area contributed by atoms with Crippen LogP contribution in [-0.4, -0.2) is 9.13 Å². The van der Waals surface area contributed by atoms with Crippen LogP contribution in [0.1, 0.15) is 24.3 Å². The molecule has 0 radical (unpaired) electrons. The Hall–Kier alpha value is -6.64. The summed E-state index contributed by atoms with van der Waals surface area (Å²) in [4.78, 5) is 0. The van der Waals surface area contributed by atoms with Gasteiger partial charge in [-0.2, -0.15) is 0 Å². The lowest BCUT2D eigenvalue weighted by Crippen LogP contribution is -2.20. The first-order valence-electron chi connectivity index (χ1n) is 19.2. The van der Waals surface area contributed by atoms with E-state index in [2.05, 4.69) is 203 Å². The first-order chi connectivity index (χ1) is 26.8. The molecule has 2 unspecified atom stereocenters. The normalized spacial score (nSPS) is 16.9. The first-order valence-corrected chi connectivity index (χ1v) is 19.2. The van der Waals surface area contributed by atoms with Gasteiger partial charge in [-0.05, 0) is 107 Å². The lowest BCUT2D eigenvalue weighted by atomic mass is 9.73. The Balaban J connectivity index is 0.983. The summed E-state index contributed by atoms with van der Waals surface area (Å²) in [5, 5.41) is 5.15. The van der Waals surface area contributed by atoms with Crippen molar-refractivity contribution >= 4 is 49.3 Å². The predicted octanol–water partition coefficient (Wildman–Crippen LogP) is 13.8. The molecule has 0 saturated carbocycles. The van der Waals surface area contributed by atoms with Crippen LogP contribution in [0.25, 0.3) is 77.2 Å². The summed E-state index contributed by atoms with van der Waals surface area (Å²) in [6, 6.07) is 62.4. The molecular formula is C52H38N2. The fourth-order valence-electron chi connectivity index (χ4n) is 9.34. The Kier molecular flexibility index (Phi) is 7.16. The second-order valence-electron chi connectivity index (χ2n) is 14.8. The molecule has 2 heteroatoms. The zero-order chi connectivity index (χ0) is 35.6. The molecule has 9 aromatic rings. The summed E-state index contributed by atoms with van der Waals surface area (Å²) < 4.78 is 4.94. The Morgan fingerprint density at radius 1 is 0.426 bits per heavy atom. The van der Waals surface area contributed by atoms with E-state index in [1.807, 2.05) is 0 Å². The van der Waals surface area contributed by atoms with Gasteiger partial charge in [-0.3, -0.25) is 0 Å². The second-order valence-corrected chi connectivity index (χ2v) is 14.8. The lowest BCUT2D eigenvalue weighted by molar-refractivity contribution is 0.507. The van der Waals surface area contributed by atoms with Crippen LogP contribution in [0.5, 0.6) is 0 Å². The van der Waals surface area contributed by atoms with Crippen LogP contribution in [0.2, 0.25) is 0 Å². The molecule has 0 fully saturated rings. The monoisotopic (exact) mass is 690 g/mol. The number of allylic oxidation sites excluding steroid dienone is 6. The molecule has 11 rings (SSSR count). The van der Waals surface area contributed by atoms with Crippen molar-refractivity contribution in [2.45, 2.75) is 18.8 Å². The molecule has 0 amide bonds. The highest BCUT2D eigenvalue weighted by Crippen LogP contribution is 2.46. The van der Waals surface area contributed by atoms with Gasteiger partial charge in [0, 0.05) is 38.8 Å². The van der Waals surface area contributed by atoms with Gasteiger partial charge in [0.2, 0.25) is 0 Å². The van der Waals surface area contributed by atoms with Gasteiger partial charge in [0.15, 0.2) is 0 Å². The van der Waals surface area contributed by atoms with Crippen LogP contribution in [0.3, 0.4) is 0 Å². The van der Waals surface area contributed by atoms with Gasteiger partial charge in [0.05, 0.1) is 22.1 Å². The molecule has 0 spiro atoms. The van der Waals surface area contributed by atoms with Gasteiger partial charge >= 0.3 is 0 Å². The van der Waals surface area contributed by atoms with Gasteiger partial charge in [0.1, 0.15) is 0 Å². The number of aromatic nitrogens is 2. The van der Waals surface area contributed by atoms with Crippen LogP contribution < -0.4 is 0 Å². The molecule has 0 bridgehead atoms. The summed E-state index contributed by atoms with van der Waals surface area (Å²) in [5.41, 5.74) is 15.2. The van der Waals surface area contributed by atoms with Crippen LogP contribution >= 0.6 is 0 Å². The van der Waals surface area contributed by atoms with Crippen LogP contribution in [-0.2, 0) is 0 Å². The van der Waals surface area contributed by atoms with E-state index in [-0.39, 0.29) is 0 Å². The van der Waals surface area contributed by atoms with Crippen LogP contribution in [0.15, 0.2) is 200 Å². The topological polar surface area (TPSA) is 9.86 Å². The van der Waals surface area contributed by atoms with E-state index in [9.17, 15) is 0 Å². The molecule has 54 heavy (non-hydrogen) atoms. The maximum atomic E-state index is 2.51. The van der Waals surface area contributed by atoms with E-state index < -0.39 is 0 Å². The van der Waals surface area contributed by atoms with Gasteiger partial charge in [-0.15, -0.1) is 0 Å². The number of hydrogen-bond acceptors (Lipinski definition) is 0. The van der Waals surface area contributed by atoms with Crippen molar-refractivity contribution in [3.8, 4) is 27.9 Å². The van der Waals surface area contributed by atoms with E-state index in [1.165, 1.54) is 88.4 Å². The SMILES string of the molecule is C1=CC2=C(n3c4ccccc4c4cc(-c5ccccc5)ccc43)C=CC(c3ccc(-n4c5ccccc5c5cc(-c6ccccc6)ccc54)cc3)C2CC1. The number of hydrogen-bond donors (Lipinski definition) is 0. The van der Waals surface area contributed by atoms with Crippen molar-refractivity contribution in [3.05, 3.63) is 205 Å². The smallest absolute Gasteiger partial charge is 0.0541 e. The van der Waals surface area contributed by atoms with Gasteiger partial charge < -0.3 is 9.13 Å². The van der Waals surface area contributed by atoms with E-state index in [0.29, 0.717) is 11.8 Å². The fraction of sp³-hybridized carbons (Fsp3) is 0.0769. The fourth-order valence-corrected chi connectivity index (χ4v) is 9.34. The quantitative estimate of drug-likeness (QED) is 0.170. The highest BCUT2D eigenvalue weighted by Gasteiger charge is 2.31. The van der Waals surface area contributed by atoms with Gasteiger partial charge in [-0.1, -0.05) is 140 Å². The third-order valence-corrected chi connectivity index (χ3v) is 11.9. The van der Waals surface area contributed by atoms with Crippen molar-refractivity contribution < 1.29 is 0 Å². The Morgan fingerprint density at radius 3 is 1.59 bits per heavy atom. The van der Waals surface area contributed by atoms with Crippen molar-refractivity contribution in [1.29, 1.82) is 0 Å². The van der Waals surface area contributed by atoms with Crippen molar-refractivity contribution in [3.63, 3.8) is 0 Å². The highest BCUT2D eigenvalue weighted by atomic mass is 15.0. The van der Waals surface area contributed by atoms with Crippen LogP contribution in [0.4, 0.5) is 0 Å². The summed E-state index contributed by atoms with van der Waals surface area (Å²) >= 11 is 0. The van der Waals surface area contributed by atoms with Gasteiger partial charge in [0.25, 0.3) is 0 Å². The molecule has 2 atom stereocenters. The number of rotatable bonds is 5. The minimum Gasteiger partial charge on any atom is -0.309 e. The summed E-state index contributed by atoms with van der Waals surface area (Å²) in [6.45, 7) is 0. The van der Waals surface area contributed by atoms with Crippen molar-refractivity contribution in [2.24, 2.45) is 5.92 Å². The zero-order valence-electron chi connectivity index (χ0n) is 29.9. The molecule has 0 aliphatic heterocycles. The summed E-state index contributed by atoms with van der Waals surface area (Å²) in [7, 11) is 0. The molecule has 0 N–H and O–H groups in total. The van der Waals surface area contributed by atoms with E-state index in [4.69, 9.17) is 0 Å². The van der Waals surface area contributed by atoms with Crippen molar-refractivity contribution in [1.82, 2.24) is 9.13 Å². The molecule has 256 valence electrons.